The lowest BCUT2D eigenvalue weighted by atomic mass is 10.1. The topological polar surface area (TPSA) is 135 Å². The molecule has 0 bridgehead atoms. The number of likely N-dealkylation sites (N-methyl/N-ethyl adjacent to an activating group) is 1. The molecule has 0 unspecified atom stereocenters. The van der Waals surface area contributed by atoms with Crippen molar-refractivity contribution in [3.63, 3.8) is 0 Å². The van der Waals surface area contributed by atoms with Gasteiger partial charge in [0, 0.05) is 31.5 Å². The van der Waals surface area contributed by atoms with Gasteiger partial charge in [-0.1, -0.05) is 48.4 Å². The van der Waals surface area contributed by atoms with Gasteiger partial charge in [0.2, 0.25) is 10.8 Å². The first-order valence-electron chi connectivity index (χ1n) is 11.7. The third-order valence-corrected chi connectivity index (χ3v) is 6.17. The predicted molar refractivity (Wildman–Crippen MR) is 142 cm³/mol. The number of carbonyl (C=O) groups excluding carboxylic acids is 2. The number of ether oxygens (including phenoxy) is 1. The molecule has 0 aliphatic carbocycles. The van der Waals surface area contributed by atoms with Crippen molar-refractivity contribution >= 4 is 29.4 Å². The summed E-state index contributed by atoms with van der Waals surface area (Å²) in [6.07, 6.45) is -2.19. The van der Waals surface area contributed by atoms with E-state index in [9.17, 15) is 27.2 Å². The Labute approximate surface area is 237 Å². The highest BCUT2D eigenvalue weighted by molar-refractivity contribution is 6.31. The highest BCUT2D eigenvalue weighted by Crippen LogP contribution is 2.26. The normalized spacial score (nSPS) is 11.6. The van der Waals surface area contributed by atoms with E-state index in [0.717, 1.165) is 11.0 Å². The minimum absolute atomic E-state index is 0. The molecule has 0 aliphatic heterocycles. The number of nitrogens with zero attached hydrogens (tertiary/aromatic N) is 4. The fourth-order valence-corrected chi connectivity index (χ4v) is 3.86. The smallest absolute Gasteiger partial charge is 0.412 e. The van der Waals surface area contributed by atoms with Gasteiger partial charge >= 0.3 is 6.09 Å². The first-order valence-corrected chi connectivity index (χ1v) is 12.1. The Morgan fingerprint density at radius 2 is 1.98 bits per heavy atom. The van der Waals surface area contributed by atoms with E-state index in [2.05, 4.69) is 20.5 Å². The summed E-state index contributed by atoms with van der Waals surface area (Å²) < 4.78 is 66.2. The second kappa shape index (κ2) is 14.9. The van der Waals surface area contributed by atoms with Gasteiger partial charge in [0.15, 0.2) is 18.1 Å². The standard InChI is InChI=1S/C25H23ClF4N6O4.CH4/c1-36(22(37)9-8-15-4-3-7-19(28)23(15)26)18(12-25(29,30)14-32-35-31)13-39-24(38)33-21-11-20(40-34-21)16-5-2-6-17(27)10-16;/h2-7,10-11,18,31H,8-9,12-14H2,1H3;1H4/p+1/t18-;/m0./s1. The van der Waals surface area contributed by atoms with E-state index in [4.69, 9.17) is 26.4 Å². The van der Waals surface area contributed by atoms with Gasteiger partial charge in [-0.2, -0.15) is 0 Å². The van der Waals surface area contributed by atoms with Crippen molar-refractivity contribution in [2.45, 2.75) is 38.7 Å². The maximum absolute atomic E-state index is 14.5. The highest BCUT2D eigenvalue weighted by atomic mass is 35.5. The summed E-state index contributed by atoms with van der Waals surface area (Å²) >= 11 is 5.92. The van der Waals surface area contributed by atoms with Crippen LogP contribution in [0, 0.1) is 17.2 Å². The van der Waals surface area contributed by atoms with Gasteiger partial charge in [-0.15, -0.1) is 0 Å². The molecule has 1 aromatic heterocycles. The van der Waals surface area contributed by atoms with Gasteiger partial charge < -0.3 is 14.2 Å². The van der Waals surface area contributed by atoms with E-state index < -0.39 is 55.2 Å². The highest BCUT2D eigenvalue weighted by Gasteiger charge is 2.38. The maximum atomic E-state index is 14.5. The first-order chi connectivity index (χ1) is 19.0. The molecule has 3 aromatic rings. The van der Waals surface area contributed by atoms with Crippen LogP contribution in [0.3, 0.4) is 0 Å². The van der Waals surface area contributed by atoms with E-state index >= 15 is 0 Å². The second-order valence-corrected chi connectivity index (χ2v) is 9.02. The zero-order chi connectivity index (χ0) is 29.3. The Morgan fingerprint density at radius 1 is 1.24 bits per heavy atom. The fourth-order valence-electron chi connectivity index (χ4n) is 3.64. The summed E-state index contributed by atoms with van der Waals surface area (Å²) in [7, 11) is 1.26. The molecule has 0 aliphatic rings. The van der Waals surface area contributed by atoms with E-state index in [1.807, 2.05) is 0 Å². The van der Waals surface area contributed by atoms with Crippen molar-refractivity contribution in [3.05, 3.63) is 70.8 Å². The molecular weight excluding hydrogens is 572 g/mol. The minimum atomic E-state index is -3.48. The molecule has 220 valence electrons. The number of carbonyl (C=O) groups is 2. The fraction of sp³-hybridized carbons (Fsp3) is 0.346. The molecule has 41 heavy (non-hydrogen) atoms. The summed E-state index contributed by atoms with van der Waals surface area (Å²) in [5.41, 5.74) is 7.34. The number of benzene rings is 2. The van der Waals surface area contributed by atoms with Crippen LogP contribution < -0.4 is 10.2 Å². The zero-order valence-corrected chi connectivity index (χ0v) is 21.8. The monoisotopic (exact) mass is 599 g/mol. The van der Waals surface area contributed by atoms with Crippen LogP contribution in [0.5, 0.6) is 0 Å². The number of aryl methyl sites for hydroxylation is 1. The third kappa shape index (κ3) is 9.69. The van der Waals surface area contributed by atoms with Crippen LogP contribution in [0.25, 0.3) is 11.3 Å². The molecule has 0 saturated heterocycles. The first kappa shape index (κ1) is 32.9. The molecule has 0 fully saturated rings. The van der Waals surface area contributed by atoms with Crippen LogP contribution in [0.2, 0.25) is 5.02 Å². The third-order valence-electron chi connectivity index (χ3n) is 5.74. The van der Waals surface area contributed by atoms with Crippen LogP contribution in [0.4, 0.5) is 28.2 Å². The van der Waals surface area contributed by atoms with E-state index in [0.29, 0.717) is 11.1 Å². The molecule has 15 heteroatoms. The average Bonchev–Trinajstić information content (AvgIpc) is 3.38. The van der Waals surface area contributed by atoms with Crippen molar-refractivity contribution < 1.29 is 36.4 Å². The molecule has 10 nitrogen and oxygen atoms in total. The number of nitrogens with one attached hydrogen (secondary N) is 2. The Bertz CT molecular complexity index is 1400. The second-order valence-electron chi connectivity index (χ2n) is 8.64. The number of halogens is 5. The van der Waals surface area contributed by atoms with Crippen LogP contribution >= 0.6 is 11.6 Å². The Kier molecular flexibility index (Phi) is 12.0. The summed E-state index contributed by atoms with van der Waals surface area (Å²) in [6, 6.07) is 9.58. The Hall–Kier alpha value is -4.29. The van der Waals surface area contributed by atoms with Crippen LogP contribution in [0.1, 0.15) is 25.8 Å². The SMILES string of the molecule is C.CN(C(=O)CCc1cccc(F)c1Cl)[C@H](COC(=O)Nc1cc(-c2cccc(F)c2)on1)CC(F)(F)CN=[N+]=N. The molecule has 0 radical (unpaired) electrons. The maximum Gasteiger partial charge on any atom is 0.412 e. The molecule has 0 saturated carbocycles. The number of hydrogen-bond acceptors (Lipinski definition) is 7. The Balaban J connectivity index is 0.00000588. The molecule has 1 heterocycles. The van der Waals surface area contributed by atoms with Gasteiger partial charge in [-0.25, -0.2) is 22.4 Å². The van der Waals surface area contributed by atoms with Gasteiger partial charge in [0.05, 0.1) is 11.1 Å². The van der Waals surface area contributed by atoms with Crippen LogP contribution in [0.15, 0.2) is 58.2 Å². The quantitative estimate of drug-likeness (QED) is 0.139. The summed E-state index contributed by atoms with van der Waals surface area (Å²) in [5.74, 6) is -5.17. The number of rotatable bonds is 12. The van der Waals surface area contributed by atoms with Crippen molar-refractivity contribution in [1.29, 1.82) is 5.53 Å². The molecule has 2 aromatic carbocycles. The molecule has 3 rings (SSSR count). The number of aromatic nitrogens is 1. The van der Waals surface area contributed by atoms with Crippen molar-refractivity contribution in [2.75, 3.05) is 25.5 Å². The molecule has 0 spiro atoms. The zero-order valence-electron chi connectivity index (χ0n) is 21.0. The largest absolute Gasteiger partial charge is 0.447 e. The van der Waals surface area contributed by atoms with Crippen molar-refractivity contribution in [1.82, 2.24) is 15.0 Å². The Morgan fingerprint density at radius 3 is 2.68 bits per heavy atom. The van der Waals surface area contributed by atoms with E-state index in [-0.39, 0.29) is 36.9 Å². The summed E-state index contributed by atoms with van der Waals surface area (Å²) in [5, 5.41) is 8.77. The van der Waals surface area contributed by atoms with Gasteiger partial charge in [-0.3, -0.25) is 10.1 Å². The van der Waals surface area contributed by atoms with E-state index in [1.165, 1.54) is 43.4 Å². The number of amides is 2. The van der Waals surface area contributed by atoms with Crippen molar-refractivity contribution in [3.8, 4) is 11.3 Å². The number of hydrogen-bond donors (Lipinski definition) is 2. The lowest BCUT2D eigenvalue weighted by molar-refractivity contribution is -0.134. The molecule has 1 atom stereocenters. The average molecular weight is 600 g/mol. The summed E-state index contributed by atoms with van der Waals surface area (Å²) in [6.45, 7) is -1.75. The number of anilines is 1. The lowest BCUT2D eigenvalue weighted by Crippen LogP contribution is -2.45. The van der Waals surface area contributed by atoms with Gasteiger partial charge in [0.25, 0.3) is 5.92 Å². The summed E-state index contributed by atoms with van der Waals surface area (Å²) in [4.78, 5) is 28.7. The van der Waals surface area contributed by atoms with Gasteiger partial charge in [0.1, 0.15) is 28.9 Å². The van der Waals surface area contributed by atoms with Crippen LogP contribution in [-0.2, 0) is 16.0 Å². The van der Waals surface area contributed by atoms with Gasteiger partial charge in [-0.05, 0) is 30.2 Å². The lowest BCUT2D eigenvalue weighted by Gasteiger charge is -2.30. The number of alkyl halides is 2. The van der Waals surface area contributed by atoms with Crippen LogP contribution in [-0.4, -0.2) is 54.2 Å². The minimum Gasteiger partial charge on any atom is -0.447 e. The molecule has 2 amide bonds. The molecule has 2 N–H and O–H groups in total. The van der Waals surface area contributed by atoms with Crippen molar-refractivity contribution in [2.24, 2.45) is 5.11 Å². The molecular formula is C26H28ClF4N6O4+. The predicted octanol–water partition coefficient (Wildman–Crippen LogP) is 6.49. The van der Waals surface area contributed by atoms with E-state index in [1.54, 1.807) is 6.07 Å².